The molecule has 0 radical (unpaired) electrons. The fourth-order valence-electron chi connectivity index (χ4n) is 3.53. The van der Waals surface area contributed by atoms with Gasteiger partial charge in [-0.25, -0.2) is 0 Å². The Morgan fingerprint density at radius 1 is 1.08 bits per heavy atom. The smallest absolute Gasteiger partial charge is 0.242 e. The van der Waals surface area contributed by atoms with E-state index in [0.717, 1.165) is 39.0 Å². The van der Waals surface area contributed by atoms with Crippen LogP contribution in [0.25, 0.3) is 0 Å². The summed E-state index contributed by atoms with van der Waals surface area (Å²) >= 11 is 0. The van der Waals surface area contributed by atoms with E-state index in [1.165, 1.54) is 16.8 Å². The first-order chi connectivity index (χ1) is 12.3. The summed E-state index contributed by atoms with van der Waals surface area (Å²) in [6.07, 6.45) is 2.27. The van der Waals surface area contributed by atoms with Crippen molar-refractivity contribution >= 4 is 11.6 Å². The average Bonchev–Trinajstić information content (AvgIpc) is 3.49. The molecule has 0 spiro atoms. The van der Waals surface area contributed by atoms with E-state index >= 15 is 0 Å². The fraction of sp³-hybridized carbons (Fsp3) is 0.381. The molecule has 1 N–H and O–H groups in total. The highest BCUT2D eigenvalue weighted by molar-refractivity contribution is 5.82. The minimum Gasteiger partial charge on any atom is -0.361 e. The predicted molar refractivity (Wildman–Crippen MR) is 100 cm³/mol. The van der Waals surface area contributed by atoms with Crippen molar-refractivity contribution in [3.63, 3.8) is 0 Å². The highest BCUT2D eigenvalue weighted by atomic mass is 16.2. The Bertz CT molecular complexity index is 727. The second-order valence-electron chi connectivity index (χ2n) is 6.97. The second kappa shape index (κ2) is 7.28. The lowest BCUT2D eigenvalue weighted by molar-refractivity contribution is -0.130. The van der Waals surface area contributed by atoms with E-state index in [9.17, 15) is 4.79 Å². The minimum atomic E-state index is 0.239. The van der Waals surface area contributed by atoms with Gasteiger partial charge in [-0.3, -0.25) is 4.79 Å². The Hall–Kier alpha value is -2.33. The Kier molecular flexibility index (Phi) is 4.70. The van der Waals surface area contributed by atoms with Crippen LogP contribution >= 0.6 is 0 Å². The molecule has 0 aromatic heterocycles. The molecule has 0 saturated heterocycles. The largest absolute Gasteiger partial charge is 0.361 e. The van der Waals surface area contributed by atoms with Crippen molar-refractivity contribution in [3.05, 3.63) is 65.7 Å². The van der Waals surface area contributed by atoms with Gasteiger partial charge in [0.2, 0.25) is 5.91 Å². The van der Waals surface area contributed by atoms with Crippen molar-refractivity contribution < 1.29 is 4.79 Å². The zero-order valence-electron chi connectivity index (χ0n) is 14.5. The molecule has 25 heavy (non-hydrogen) atoms. The van der Waals surface area contributed by atoms with Crippen LogP contribution in [0.3, 0.4) is 0 Å². The molecule has 0 bridgehead atoms. The predicted octanol–water partition coefficient (Wildman–Crippen LogP) is 2.79. The molecule has 4 heteroatoms. The van der Waals surface area contributed by atoms with Crippen LogP contribution in [0, 0.1) is 0 Å². The average molecular weight is 335 g/mol. The zero-order valence-corrected chi connectivity index (χ0v) is 14.5. The quantitative estimate of drug-likeness (QED) is 0.913. The van der Waals surface area contributed by atoms with E-state index in [1.54, 1.807) is 0 Å². The number of nitrogens with zero attached hydrogens (tertiary/aromatic N) is 2. The molecular formula is C21H25N3O. The summed E-state index contributed by atoms with van der Waals surface area (Å²) in [5, 5.41) is 3.44. The third-order valence-corrected chi connectivity index (χ3v) is 5.04. The maximum atomic E-state index is 13.1. The van der Waals surface area contributed by atoms with Crippen LogP contribution in [-0.4, -0.2) is 36.5 Å². The number of rotatable bonds is 5. The van der Waals surface area contributed by atoms with E-state index in [1.807, 2.05) is 18.2 Å². The number of hydrogen-bond donors (Lipinski definition) is 1. The third kappa shape index (κ3) is 3.85. The maximum absolute atomic E-state index is 13.1. The zero-order chi connectivity index (χ0) is 17.1. The number of carbonyl (C=O) groups excluding carboxylic acids is 1. The van der Waals surface area contributed by atoms with Gasteiger partial charge >= 0.3 is 0 Å². The van der Waals surface area contributed by atoms with Gasteiger partial charge in [0, 0.05) is 37.9 Å². The van der Waals surface area contributed by atoms with E-state index in [4.69, 9.17) is 0 Å². The van der Waals surface area contributed by atoms with Gasteiger partial charge in [0.25, 0.3) is 0 Å². The van der Waals surface area contributed by atoms with Gasteiger partial charge in [0.05, 0.1) is 6.54 Å². The van der Waals surface area contributed by atoms with E-state index in [0.29, 0.717) is 12.6 Å². The lowest BCUT2D eigenvalue weighted by atomic mass is 10.1. The van der Waals surface area contributed by atoms with Gasteiger partial charge in [0.15, 0.2) is 0 Å². The molecule has 1 saturated carbocycles. The van der Waals surface area contributed by atoms with Gasteiger partial charge in [-0.15, -0.1) is 0 Å². The molecule has 2 aliphatic rings. The molecule has 4 rings (SSSR count). The molecule has 1 fully saturated rings. The summed E-state index contributed by atoms with van der Waals surface area (Å²) in [4.78, 5) is 17.4. The number of hydrogen-bond acceptors (Lipinski definition) is 3. The summed E-state index contributed by atoms with van der Waals surface area (Å²) in [5.41, 5.74) is 3.67. The number of anilines is 1. The van der Waals surface area contributed by atoms with Crippen LogP contribution in [0.2, 0.25) is 0 Å². The standard InChI is InChI=1S/C21H25N3O/c25-21(24(19-10-11-19)15-17-6-2-1-3-7-17)16-23-13-12-22-14-18-8-4-5-9-20(18)23/h1-9,19,22H,10-16H2. The molecule has 0 unspecified atom stereocenters. The first-order valence-corrected chi connectivity index (χ1v) is 9.18. The van der Waals surface area contributed by atoms with Gasteiger partial charge in [0.1, 0.15) is 0 Å². The number of amides is 1. The lowest BCUT2D eigenvalue weighted by Gasteiger charge is -2.29. The molecule has 2 aromatic carbocycles. The van der Waals surface area contributed by atoms with Gasteiger partial charge in [-0.05, 0) is 30.0 Å². The van der Waals surface area contributed by atoms with Crippen molar-refractivity contribution in [1.82, 2.24) is 10.2 Å². The van der Waals surface area contributed by atoms with Crippen LogP contribution in [0.4, 0.5) is 5.69 Å². The van der Waals surface area contributed by atoms with Crippen molar-refractivity contribution in [2.45, 2.75) is 32.0 Å². The highest BCUT2D eigenvalue weighted by Crippen LogP contribution is 2.29. The van der Waals surface area contributed by atoms with Crippen LogP contribution < -0.4 is 10.2 Å². The van der Waals surface area contributed by atoms with Gasteiger partial charge in [-0.1, -0.05) is 48.5 Å². The summed E-state index contributed by atoms with van der Waals surface area (Å²) in [5.74, 6) is 0.239. The SMILES string of the molecule is O=C(CN1CCNCc2ccccc21)N(Cc1ccccc1)C1CC1. The number of fused-ring (bicyclic) bond motifs is 1. The Labute approximate surface area is 149 Å². The van der Waals surface area contributed by atoms with Gasteiger partial charge < -0.3 is 15.1 Å². The molecule has 1 aliphatic heterocycles. The molecule has 4 nitrogen and oxygen atoms in total. The molecule has 2 aromatic rings. The monoisotopic (exact) mass is 335 g/mol. The molecule has 1 aliphatic carbocycles. The van der Waals surface area contributed by atoms with Crippen LogP contribution in [0.1, 0.15) is 24.0 Å². The van der Waals surface area contributed by atoms with Crippen LogP contribution in [0.15, 0.2) is 54.6 Å². The molecule has 1 amide bonds. The topological polar surface area (TPSA) is 35.6 Å². The first kappa shape index (κ1) is 16.2. The van der Waals surface area contributed by atoms with Crippen LogP contribution in [0.5, 0.6) is 0 Å². The lowest BCUT2D eigenvalue weighted by Crippen LogP contribution is -2.42. The van der Waals surface area contributed by atoms with Gasteiger partial charge in [-0.2, -0.15) is 0 Å². The van der Waals surface area contributed by atoms with Crippen molar-refractivity contribution in [1.29, 1.82) is 0 Å². The summed E-state index contributed by atoms with van der Waals surface area (Å²) < 4.78 is 0. The number of benzene rings is 2. The first-order valence-electron chi connectivity index (χ1n) is 9.18. The number of carbonyl (C=O) groups is 1. The number of nitrogens with one attached hydrogen (secondary N) is 1. The minimum absolute atomic E-state index is 0.239. The van der Waals surface area contributed by atoms with Crippen molar-refractivity contribution in [2.24, 2.45) is 0 Å². The van der Waals surface area contributed by atoms with Crippen LogP contribution in [-0.2, 0) is 17.9 Å². The Morgan fingerprint density at radius 2 is 1.84 bits per heavy atom. The Morgan fingerprint density at radius 3 is 2.64 bits per heavy atom. The molecule has 1 heterocycles. The maximum Gasteiger partial charge on any atom is 0.242 e. The summed E-state index contributed by atoms with van der Waals surface area (Å²) in [6, 6.07) is 19.1. The van der Waals surface area contributed by atoms with Crippen molar-refractivity contribution in [2.75, 3.05) is 24.5 Å². The van der Waals surface area contributed by atoms with Crippen molar-refractivity contribution in [3.8, 4) is 0 Å². The normalized spacial score (nSPS) is 16.9. The molecule has 0 atom stereocenters. The fourth-order valence-corrected chi connectivity index (χ4v) is 3.53. The summed E-state index contributed by atoms with van der Waals surface area (Å²) in [6.45, 7) is 3.83. The third-order valence-electron chi connectivity index (χ3n) is 5.04. The second-order valence-corrected chi connectivity index (χ2v) is 6.97. The molecule has 130 valence electrons. The number of para-hydroxylation sites is 1. The Balaban J connectivity index is 1.50. The molecular weight excluding hydrogens is 310 g/mol. The highest BCUT2D eigenvalue weighted by Gasteiger charge is 2.33. The summed E-state index contributed by atoms with van der Waals surface area (Å²) in [7, 11) is 0. The van der Waals surface area contributed by atoms with E-state index < -0.39 is 0 Å². The van der Waals surface area contributed by atoms with E-state index in [2.05, 4.69) is 51.5 Å². The van der Waals surface area contributed by atoms with E-state index in [-0.39, 0.29) is 5.91 Å².